The SMILES string of the molecule is CN(Cc1nnc(-c2ccccc2)o1)C(=O)CCN1C(=O)[C@H]2CCCC[C@H]2C1=O. The third-order valence-corrected chi connectivity index (χ3v) is 5.77. The van der Waals surface area contributed by atoms with E-state index in [0.717, 1.165) is 31.2 Å². The molecule has 2 aliphatic rings. The minimum atomic E-state index is -0.182. The van der Waals surface area contributed by atoms with Crippen molar-refractivity contribution >= 4 is 17.7 Å². The van der Waals surface area contributed by atoms with Gasteiger partial charge in [0.25, 0.3) is 0 Å². The Hall–Kier alpha value is -3.03. The van der Waals surface area contributed by atoms with Crippen LogP contribution in [0.4, 0.5) is 0 Å². The molecule has 1 saturated carbocycles. The first-order chi connectivity index (χ1) is 14.0. The zero-order valence-electron chi connectivity index (χ0n) is 16.4. The Bertz CT molecular complexity index is 886. The van der Waals surface area contributed by atoms with Gasteiger partial charge in [0.15, 0.2) is 0 Å². The lowest BCUT2D eigenvalue weighted by molar-refractivity contribution is -0.140. The molecule has 2 atom stereocenters. The minimum Gasteiger partial charge on any atom is -0.419 e. The van der Waals surface area contributed by atoms with Crippen LogP contribution in [-0.4, -0.2) is 51.3 Å². The van der Waals surface area contributed by atoms with E-state index < -0.39 is 0 Å². The Kier molecular flexibility index (Phi) is 5.42. The first-order valence-corrected chi connectivity index (χ1v) is 10.0. The van der Waals surface area contributed by atoms with Gasteiger partial charge in [-0.25, -0.2) is 0 Å². The van der Waals surface area contributed by atoms with Crippen LogP contribution in [0.25, 0.3) is 11.5 Å². The molecular formula is C21H24N4O4. The van der Waals surface area contributed by atoms with E-state index >= 15 is 0 Å². The Morgan fingerprint density at radius 1 is 1.10 bits per heavy atom. The van der Waals surface area contributed by atoms with Crippen molar-refractivity contribution in [2.45, 2.75) is 38.6 Å². The van der Waals surface area contributed by atoms with Gasteiger partial charge in [-0.15, -0.1) is 10.2 Å². The Morgan fingerprint density at radius 2 is 1.76 bits per heavy atom. The van der Waals surface area contributed by atoms with Crippen LogP contribution in [0.3, 0.4) is 0 Å². The predicted octanol–water partition coefficient (Wildman–Crippen LogP) is 2.26. The van der Waals surface area contributed by atoms with Crippen LogP contribution in [0.2, 0.25) is 0 Å². The molecule has 0 bridgehead atoms. The Labute approximate surface area is 168 Å². The Balaban J connectivity index is 1.32. The van der Waals surface area contributed by atoms with Gasteiger partial charge in [-0.3, -0.25) is 19.3 Å². The molecule has 0 unspecified atom stereocenters. The molecule has 2 fully saturated rings. The summed E-state index contributed by atoms with van der Waals surface area (Å²) in [7, 11) is 1.64. The molecule has 8 nitrogen and oxygen atoms in total. The highest BCUT2D eigenvalue weighted by molar-refractivity contribution is 6.05. The molecule has 3 amide bonds. The third-order valence-electron chi connectivity index (χ3n) is 5.77. The smallest absolute Gasteiger partial charge is 0.247 e. The van der Waals surface area contributed by atoms with Crippen LogP contribution in [0.5, 0.6) is 0 Å². The molecule has 29 heavy (non-hydrogen) atoms. The maximum atomic E-state index is 12.5. The topological polar surface area (TPSA) is 96.6 Å². The van der Waals surface area contributed by atoms with Crippen molar-refractivity contribution in [1.82, 2.24) is 20.0 Å². The molecule has 152 valence electrons. The summed E-state index contributed by atoms with van der Waals surface area (Å²) in [6, 6.07) is 9.40. The number of aromatic nitrogens is 2. The maximum Gasteiger partial charge on any atom is 0.247 e. The Morgan fingerprint density at radius 3 is 2.41 bits per heavy atom. The van der Waals surface area contributed by atoms with Gasteiger partial charge in [-0.2, -0.15) is 0 Å². The summed E-state index contributed by atoms with van der Waals surface area (Å²) in [5, 5.41) is 8.01. The zero-order valence-corrected chi connectivity index (χ0v) is 16.4. The van der Waals surface area contributed by atoms with E-state index in [1.54, 1.807) is 7.05 Å². The number of benzene rings is 1. The molecule has 1 aliphatic heterocycles. The average Bonchev–Trinajstić information content (AvgIpc) is 3.31. The lowest BCUT2D eigenvalue weighted by atomic mass is 9.81. The molecule has 1 aromatic heterocycles. The molecule has 0 radical (unpaired) electrons. The standard InChI is InChI=1S/C21H24N4O4/c1-24(13-17-22-23-19(29-17)14-7-3-2-4-8-14)18(26)11-12-25-20(27)15-9-5-6-10-16(15)21(25)28/h2-4,7-8,15-16H,5-6,9-13H2,1H3/t15-,16+. The second-order valence-electron chi connectivity index (χ2n) is 7.69. The molecule has 1 aromatic carbocycles. The van der Waals surface area contributed by atoms with Gasteiger partial charge in [-0.05, 0) is 25.0 Å². The third kappa shape index (κ3) is 3.92. The van der Waals surface area contributed by atoms with E-state index in [2.05, 4.69) is 10.2 Å². The first-order valence-electron chi connectivity index (χ1n) is 10.0. The normalized spacial score (nSPS) is 21.3. The lowest BCUT2D eigenvalue weighted by Gasteiger charge is -2.19. The predicted molar refractivity (Wildman–Crippen MR) is 103 cm³/mol. The molecule has 8 heteroatoms. The number of likely N-dealkylation sites (tertiary alicyclic amines) is 1. The number of hydrogen-bond acceptors (Lipinski definition) is 6. The van der Waals surface area contributed by atoms with Crippen LogP contribution in [0, 0.1) is 11.8 Å². The fourth-order valence-corrected chi connectivity index (χ4v) is 4.16. The van der Waals surface area contributed by atoms with Gasteiger partial charge >= 0.3 is 0 Å². The van der Waals surface area contributed by atoms with Crippen LogP contribution in [0.1, 0.15) is 38.0 Å². The lowest BCUT2D eigenvalue weighted by Crippen LogP contribution is -2.36. The van der Waals surface area contributed by atoms with Gasteiger partial charge in [0, 0.05) is 25.6 Å². The number of nitrogens with zero attached hydrogens (tertiary/aromatic N) is 4. The molecule has 1 saturated heterocycles. The number of hydrogen-bond donors (Lipinski definition) is 0. The van der Waals surface area contributed by atoms with E-state index in [1.165, 1.54) is 9.80 Å². The van der Waals surface area contributed by atoms with E-state index in [4.69, 9.17) is 4.42 Å². The van der Waals surface area contributed by atoms with Gasteiger partial charge in [0.05, 0.1) is 18.4 Å². The first kappa shape index (κ1) is 19.3. The molecule has 0 N–H and O–H groups in total. The average molecular weight is 396 g/mol. The van der Waals surface area contributed by atoms with Crippen LogP contribution >= 0.6 is 0 Å². The van der Waals surface area contributed by atoms with E-state index in [1.807, 2.05) is 30.3 Å². The minimum absolute atomic E-state index is 0.0904. The number of fused-ring (bicyclic) bond motifs is 1. The van der Waals surface area contributed by atoms with Crippen LogP contribution < -0.4 is 0 Å². The molecular weight excluding hydrogens is 372 g/mol. The van der Waals surface area contributed by atoms with Gasteiger partial charge in [0.2, 0.25) is 29.5 Å². The number of imide groups is 1. The summed E-state index contributed by atoms with van der Waals surface area (Å²) >= 11 is 0. The number of amides is 3. The monoisotopic (exact) mass is 396 g/mol. The number of rotatable bonds is 6. The summed E-state index contributed by atoms with van der Waals surface area (Å²) in [5.41, 5.74) is 0.813. The molecule has 2 aromatic rings. The number of carbonyl (C=O) groups excluding carboxylic acids is 3. The zero-order chi connectivity index (χ0) is 20.4. The van der Waals surface area contributed by atoms with Gasteiger partial charge in [-0.1, -0.05) is 31.0 Å². The summed E-state index contributed by atoms with van der Waals surface area (Å²) in [6.07, 6.45) is 3.63. The van der Waals surface area contributed by atoms with Crippen LogP contribution in [-0.2, 0) is 20.9 Å². The largest absolute Gasteiger partial charge is 0.419 e. The molecule has 0 spiro atoms. The number of carbonyl (C=O) groups is 3. The summed E-state index contributed by atoms with van der Waals surface area (Å²) in [6.45, 7) is 0.304. The highest BCUT2D eigenvalue weighted by atomic mass is 16.4. The molecule has 2 heterocycles. The fourth-order valence-electron chi connectivity index (χ4n) is 4.16. The highest BCUT2D eigenvalue weighted by Crippen LogP contribution is 2.38. The fraction of sp³-hybridized carbons (Fsp3) is 0.476. The van der Waals surface area contributed by atoms with Gasteiger partial charge in [0.1, 0.15) is 0 Å². The molecule has 4 rings (SSSR count). The second-order valence-corrected chi connectivity index (χ2v) is 7.69. The quantitative estimate of drug-likeness (QED) is 0.695. The van der Waals surface area contributed by atoms with Gasteiger partial charge < -0.3 is 9.32 Å². The van der Waals surface area contributed by atoms with Crippen molar-refractivity contribution in [3.8, 4) is 11.5 Å². The van der Waals surface area contributed by atoms with E-state index in [0.29, 0.717) is 11.8 Å². The maximum absolute atomic E-state index is 12.5. The summed E-state index contributed by atoms with van der Waals surface area (Å²) in [5.74, 6) is -0.0341. The van der Waals surface area contributed by atoms with Crippen molar-refractivity contribution < 1.29 is 18.8 Å². The van der Waals surface area contributed by atoms with Crippen molar-refractivity contribution in [3.63, 3.8) is 0 Å². The molecule has 1 aliphatic carbocycles. The van der Waals surface area contributed by atoms with Crippen molar-refractivity contribution in [1.29, 1.82) is 0 Å². The van der Waals surface area contributed by atoms with Crippen LogP contribution in [0.15, 0.2) is 34.7 Å². The summed E-state index contributed by atoms with van der Waals surface area (Å²) in [4.78, 5) is 40.3. The van der Waals surface area contributed by atoms with Crippen molar-refractivity contribution in [2.24, 2.45) is 11.8 Å². The van der Waals surface area contributed by atoms with Crippen molar-refractivity contribution in [3.05, 3.63) is 36.2 Å². The van der Waals surface area contributed by atoms with E-state index in [9.17, 15) is 14.4 Å². The van der Waals surface area contributed by atoms with E-state index in [-0.39, 0.29) is 49.1 Å². The highest BCUT2D eigenvalue weighted by Gasteiger charge is 2.47. The van der Waals surface area contributed by atoms with Crippen molar-refractivity contribution in [2.75, 3.05) is 13.6 Å². The second kappa shape index (κ2) is 8.14. The summed E-state index contributed by atoms with van der Waals surface area (Å²) < 4.78 is 5.63.